The third-order valence-electron chi connectivity index (χ3n) is 1.87. The molecule has 0 bridgehead atoms. The van der Waals surface area contributed by atoms with Crippen molar-refractivity contribution >= 4 is 11.9 Å². The molecule has 1 rings (SSSR count). The Hall–Kier alpha value is -1.13. The van der Waals surface area contributed by atoms with Gasteiger partial charge in [0, 0.05) is 30.5 Å². The molecule has 1 fully saturated rings. The van der Waals surface area contributed by atoms with Crippen LogP contribution in [0.2, 0.25) is 0 Å². The summed E-state index contributed by atoms with van der Waals surface area (Å²) in [5.41, 5.74) is 0. The number of Topliss-reactive ketones (excluding diaryl/α,β-unsaturated/α-hetero) is 1. The van der Waals surface area contributed by atoms with E-state index < -0.39 is 6.09 Å². The van der Waals surface area contributed by atoms with Crippen molar-refractivity contribution in [2.24, 2.45) is 0 Å². The molecule has 5 heteroatoms. The van der Waals surface area contributed by atoms with Gasteiger partial charge in [0.25, 0.3) is 0 Å². The average molecular weight is 175 g/mol. The summed E-state index contributed by atoms with van der Waals surface area (Å²) < 4.78 is 11.4. The Kier molecular flexibility index (Phi) is 3.01. The van der Waals surface area contributed by atoms with E-state index in [1.165, 1.54) is 4.90 Å². The number of nitrogens with zero attached hydrogens (tertiary/aromatic N) is 1. The van der Waals surface area contributed by atoms with E-state index in [1.54, 1.807) is 0 Å². The molecule has 0 N–H and O–H groups in total. The third-order valence-corrected chi connectivity index (χ3v) is 1.87. The van der Waals surface area contributed by atoms with Crippen LogP contribution in [0.5, 0.6) is 0 Å². The first-order valence-electron chi connectivity index (χ1n) is 3.83. The minimum atomic E-state index is -0.996. The van der Waals surface area contributed by atoms with Gasteiger partial charge >= 0.3 is 6.09 Å². The highest BCUT2D eigenvalue weighted by Gasteiger charge is 2.19. The van der Waals surface area contributed by atoms with Crippen molar-refractivity contribution in [3.05, 3.63) is 0 Å². The number of halogens is 1. The first-order chi connectivity index (χ1) is 5.74. The van der Waals surface area contributed by atoms with E-state index in [4.69, 9.17) is 0 Å². The summed E-state index contributed by atoms with van der Waals surface area (Å²) in [5, 5.41) is 0. The minimum absolute atomic E-state index is 0.115. The lowest BCUT2D eigenvalue weighted by molar-refractivity contribution is -0.118. The molecular weight excluding hydrogens is 165 g/mol. The predicted octanol–water partition coefficient (Wildman–Crippen LogP) is 1.06. The zero-order valence-electron chi connectivity index (χ0n) is 6.59. The molecule has 0 aromatic carbocycles. The Labute approximate surface area is 69.2 Å². The second-order valence-corrected chi connectivity index (χ2v) is 2.72. The first kappa shape index (κ1) is 8.96. The molecule has 0 unspecified atom stereocenters. The summed E-state index contributed by atoms with van der Waals surface area (Å²) in [7, 11) is 0. The van der Waals surface area contributed by atoms with Crippen molar-refractivity contribution in [1.29, 1.82) is 0 Å². The zero-order chi connectivity index (χ0) is 8.97. The van der Waals surface area contributed by atoms with Crippen LogP contribution in [0.25, 0.3) is 0 Å². The number of hydrogen-bond acceptors (Lipinski definition) is 3. The van der Waals surface area contributed by atoms with Gasteiger partial charge in [0.1, 0.15) is 5.78 Å². The summed E-state index contributed by atoms with van der Waals surface area (Å²) in [5.74, 6) is 0.115. The van der Waals surface area contributed by atoms with Crippen molar-refractivity contribution in [3.8, 4) is 0 Å². The summed E-state index contributed by atoms with van der Waals surface area (Å²) >= 11 is 0. The van der Waals surface area contributed by atoms with Crippen molar-refractivity contribution in [1.82, 2.24) is 4.90 Å². The van der Waals surface area contributed by atoms with Crippen LogP contribution in [0, 0.1) is 0 Å². The maximum atomic E-state index is 11.4. The van der Waals surface area contributed by atoms with Gasteiger partial charge in [-0.3, -0.25) is 4.79 Å². The van der Waals surface area contributed by atoms with Crippen LogP contribution in [0.3, 0.4) is 0 Å². The molecule has 0 aromatic heterocycles. The number of hydrogen-bond donors (Lipinski definition) is 0. The van der Waals surface area contributed by atoms with Crippen LogP contribution in [0.4, 0.5) is 9.32 Å². The fourth-order valence-corrected chi connectivity index (χ4v) is 1.19. The molecule has 12 heavy (non-hydrogen) atoms. The van der Waals surface area contributed by atoms with E-state index in [-0.39, 0.29) is 12.3 Å². The number of rotatable bonds is 0. The molecule has 1 saturated heterocycles. The third kappa shape index (κ3) is 2.18. The van der Waals surface area contributed by atoms with E-state index in [2.05, 4.69) is 4.94 Å². The zero-order valence-corrected chi connectivity index (χ0v) is 6.59. The van der Waals surface area contributed by atoms with E-state index in [0.29, 0.717) is 25.8 Å². The number of carbonyl (C=O) groups is 2. The first-order valence-corrected chi connectivity index (χ1v) is 3.83. The Morgan fingerprint density at radius 3 is 2.83 bits per heavy atom. The highest BCUT2D eigenvalue weighted by molar-refractivity contribution is 5.79. The molecule has 0 saturated carbocycles. The lowest BCUT2D eigenvalue weighted by atomic mass is 10.2. The molecule has 1 aliphatic heterocycles. The van der Waals surface area contributed by atoms with Crippen molar-refractivity contribution in [2.45, 2.75) is 19.3 Å². The minimum Gasteiger partial charge on any atom is -0.305 e. The van der Waals surface area contributed by atoms with Crippen molar-refractivity contribution in [2.75, 3.05) is 13.1 Å². The van der Waals surface area contributed by atoms with E-state index in [9.17, 15) is 14.1 Å². The van der Waals surface area contributed by atoms with Gasteiger partial charge in [-0.25, -0.2) is 9.74 Å². The topological polar surface area (TPSA) is 46.6 Å². The van der Waals surface area contributed by atoms with Crippen molar-refractivity contribution in [3.63, 3.8) is 0 Å². The van der Waals surface area contributed by atoms with E-state index in [0.717, 1.165) is 0 Å². The molecule has 1 aliphatic rings. The fraction of sp³-hybridized carbons (Fsp3) is 0.714. The van der Waals surface area contributed by atoms with Crippen LogP contribution in [-0.4, -0.2) is 29.9 Å². The maximum absolute atomic E-state index is 11.4. The molecule has 0 spiro atoms. The van der Waals surface area contributed by atoms with E-state index >= 15 is 0 Å². The van der Waals surface area contributed by atoms with Gasteiger partial charge in [-0.15, -0.1) is 0 Å². The predicted molar refractivity (Wildman–Crippen MR) is 38.0 cm³/mol. The summed E-state index contributed by atoms with van der Waals surface area (Å²) in [4.78, 5) is 25.8. The molecule has 0 aliphatic carbocycles. The Bertz CT molecular complexity index is 195. The fourth-order valence-electron chi connectivity index (χ4n) is 1.19. The van der Waals surface area contributed by atoms with Gasteiger partial charge in [-0.05, 0) is 6.42 Å². The van der Waals surface area contributed by atoms with Crippen LogP contribution in [-0.2, 0) is 9.74 Å². The maximum Gasteiger partial charge on any atom is 0.447 e. The average Bonchev–Trinajstić information content (AvgIpc) is 2.29. The normalized spacial score (nSPS) is 18.8. The lowest BCUT2D eigenvalue weighted by Crippen LogP contribution is -2.31. The SMILES string of the molecule is O=C1CCCN(C(=O)OF)CC1. The number of carbonyl (C=O) groups excluding carboxylic acids is 2. The summed E-state index contributed by atoms with van der Waals surface area (Å²) in [6.45, 7) is 0.663. The van der Waals surface area contributed by atoms with Gasteiger partial charge in [-0.1, -0.05) is 0 Å². The Balaban J connectivity index is 2.45. The van der Waals surface area contributed by atoms with Gasteiger partial charge in [0.15, 0.2) is 0 Å². The van der Waals surface area contributed by atoms with Crippen molar-refractivity contribution < 1.29 is 19.1 Å². The highest BCUT2D eigenvalue weighted by Crippen LogP contribution is 2.07. The molecule has 0 radical (unpaired) electrons. The molecule has 1 heterocycles. The largest absolute Gasteiger partial charge is 0.447 e. The van der Waals surface area contributed by atoms with E-state index in [1.807, 2.05) is 0 Å². The van der Waals surface area contributed by atoms with Gasteiger partial charge < -0.3 is 4.90 Å². The second-order valence-electron chi connectivity index (χ2n) is 2.72. The Morgan fingerprint density at radius 2 is 2.17 bits per heavy atom. The van der Waals surface area contributed by atoms with Crippen LogP contribution in [0.15, 0.2) is 0 Å². The molecule has 1 amide bonds. The number of amides is 1. The van der Waals surface area contributed by atoms with Crippen LogP contribution >= 0.6 is 0 Å². The molecule has 68 valence electrons. The highest BCUT2D eigenvalue weighted by atomic mass is 19.3. The summed E-state index contributed by atoms with van der Waals surface area (Å²) in [6.07, 6.45) is 0.365. The van der Waals surface area contributed by atoms with Gasteiger partial charge in [0.2, 0.25) is 0 Å². The smallest absolute Gasteiger partial charge is 0.305 e. The summed E-state index contributed by atoms with van der Waals surface area (Å²) in [6, 6.07) is 0. The molecule has 0 atom stereocenters. The second kappa shape index (κ2) is 4.04. The number of likely N-dealkylation sites (tertiary alicyclic amines) is 1. The van der Waals surface area contributed by atoms with Gasteiger partial charge in [-0.2, -0.15) is 0 Å². The standard InChI is InChI=1S/C7H10FNO3/c8-12-7(11)9-4-1-2-6(10)3-5-9/h1-5H2. The van der Waals surface area contributed by atoms with Crippen LogP contribution in [0.1, 0.15) is 19.3 Å². The monoisotopic (exact) mass is 175 g/mol. The van der Waals surface area contributed by atoms with Crippen LogP contribution < -0.4 is 0 Å². The molecular formula is C7H10FNO3. The quantitative estimate of drug-likeness (QED) is 0.553. The Morgan fingerprint density at radius 1 is 1.42 bits per heavy atom. The van der Waals surface area contributed by atoms with Gasteiger partial charge in [0.05, 0.1) is 0 Å². The molecule has 0 aromatic rings. The molecule has 4 nitrogen and oxygen atoms in total. The number of ketones is 1. The lowest BCUT2D eigenvalue weighted by Gasteiger charge is -2.14.